The summed E-state index contributed by atoms with van der Waals surface area (Å²) in [5, 5.41) is 50.5. The summed E-state index contributed by atoms with van der Waals surface area (Å²) in [6, 6.07) is 7.36. The van der Waals surface area contributed by atoms with Crippen molar-refractivity contribution in [2.75, 3.05) is 6.61 Å². The average molecular weight is 605 g/mol. The molecule has 0 amide bonds. The van der Waals surface area contributed by atoms with E-state index >= 15 is 0 Å². The Bertz CT molecular complexity index is 1570. The molecule has 5 rings (SSSR count). The number of nitrogens with zero attached hydrogens (tertiary/aromatic N) is 6. The Labute approximate surface area is 227 Å². The number of aliphatic hydroxyl groups excluding tert-OH is 3. The lowest BCUT2D eigenvalue weighted by Crippen LogP contribution is -2.53. The molecule has 2 aromatic heterocycles. The zero-order valence-corrected chi connectivity index (χ0v) is 21.7. The van der Waals surface area contributed by atoms with Gasteiger partial charge in [-0.2, -0.15) is 15.5 Å². The molecule has 3 N–H and O–H groups in total. The molecule has 1 aliphatic heterocycles. The number of benzene rings is 2. The highest BCUT2D eigenvalue weighted by atomic mass is 79.9. The van der Waals surface area contributed by atoms with Crippen molar-refractivity contribution >= 4 is 15.9 Å². The fraction of sp³-hybridized carbons (Fsp3) is 0.280. The van der Waals surface area contributed by atoms with Crippen molar-refractivity contribution in [2.24, 2.45) is 0 Å². The van der Waals surface area contributed by atoms with E-state index in [4.69, 9.17) is 4.74 Å². The van der Waals surface area contributed by atoms with Gasteiger partial charge < -0.3 is 20.1 Å². The van der Waals surface area contributed by atoms with E-state index in [0.717, 1.165) is 12.1 Å². The highest BCUT2D eigenvalue weighted by molar-refractivity contribution is 9.10. The third-order valence-corrected chi connectivity index (χ3v) is 6.91. The third kappa shape index (κ3) is 4.83. The number of aliphatic hydroxyl groups is 3. The first-order valence-corrected chi connectivity index (χ1v) is 12.4. The van der Waals surface area contributed by atoms with Crippen LogP contribution < -0.4 is 0 Å². The largest absolute Gasteiger partial charge is 0.394 e. The molecular weight excluding hydrogens is 585 g/mol. The molecule has 1 saturated heterocycles. The monoisotopic (exact) mass is 604 g/mol. The number of nitriles is 1. The molecule has 0 radical (unpaired) electrons. The number of aromatic nitrogens is 5. The number of halogens is 4. The van der Waals surface area contributed by atoms with Crippen molar-refractivity contribution in [2.45, 2.75) is 37.4 Å². The molecule has 0 spiro atoms. The Hall–Kier alpha value is -3.61. The molecule has 39 heavy (non-hydrogen) atoms. The van der Waals surface area contributed by atoms with Crippen LogP contribution in [0.25, 0.3) is 16.8 Å². The first-order chi connectivity index (χ1) is 18.6. The van der Waals surface area contributed by atoms with Gasteiger partial charge in [-0.25, -0.2) is 22.8 Å². The van der Waals surface area contributed by atoms with Gasteiger partial charge in [-0.05, 0) is 42.8 Å². The average Bonchev–Trinajstić information content (AvgIpc) is 3.54. The molecule has 4 aromatic rings. The van der Waals surface area contributed by atoms with E-state index in [0.29, 0.717) is 16.0 Å². The van der Waals surface area contributed by atoms with E-state index in [-0.39, 0.29) is 22.5 Å². The van der Waals surface area contributed by atoms with Gasteiger partial charge in [0.25, 0.3) is 0 Å². The second-order valence-electron chi connectivity index (χ2n) is 8.91. The Balaban J connectivity index is 1.57. The topological polar surface area (TPSA) is 142 Å². The normalized spacial score (nSPS) is 23.1. The summed E-state index contributed by atoms with van der Waals surface area (Å²) < 4.78 is 50.1. The number of ether oxygens (including phenoxy) is 1. The summed E-state index contributed by atoms with van der Waals surface area (Å²) in [5.74, 6) is -3.99. The van der Waals surface area contributed by atoms with Crippen LogP contribution in [0.4, 0.5) is 13.2 Å². The molecule has 0 aliphatic carbocycles. The minimum Gasteiger partial charge on any atom is -0.394 e. The van der Waals surface area contributed by atoms with Gasteiger partial charge in [-0.15, -0.1) is 0 Å². The summed E-state index contributed by atoms with van der Waals surface area (Å²) in [6.07, 6.45) is -2.88. The SMILES string of the molecule is Cc1nc([C@@H]2O[C@H](CO)[C@H](O)[C@H](n3cc(-c4cc(F)c(F)c(F)c4)cn3)[C@H]2O)n(-c2cc(Br)ccc2C#N)n1. The molecule has 3 heterocycles. The Morgan fingerprint density at radius 1 is 1.10 bits per heavy atom. The van der Waals surface area contributed by atoms with Gasteiger partial charge in [-0.3, -0.25) is 4.68 Å². The number of rotatable bonds is 5. The van der Waals surface area contributed by atoms with Crippen molar-refractivity contribution in [3.8, 4) is 22.9 Å². The Kier molecular flexibility index (Phi) is 7.27. The minimum atomic E-state index is -1.61. The summed E-state index contributed by atoms with van der Waals surface area (Å²) in [5.41, 5.74) is 0.782. The van der Waals surface area contributed by atoms with Crippen LogP contribution >= 0.6 is 15.9 Å². The van der Waals surface area contributed by atoms with E-state index in [2.05, 4.69) is 37.2 Å². The van der Waals surface area contributed by atoms with Crippen LogP contribution in [0.2, 0.25) is 0 Å². The van der Waals surface area contributed by atoms with Gasteiger partial charge in [0, 0.05) is 16.2 Å². The van der Waals surface area contributed by atoms with Gasteiger partial charge in [0.05, 0.1) is 24.1 Å². The zero-order chi connectivity index (χ0) is 28.0. The number of aryl methyl sites for hydroxylation is 1. The fourth-order valence-electron chi connectivity index (χ4n) is 4.57. The van der Waals surface area contributed by atoms with Crippen molar-refractivity contribution in [1.29, 1.82) is 5.26 Å². The molecular formula is C25H20BrF3N6O4. The minimum absolute atomic E-state index is 0.0157. The highest BCUT2D eigenvalue weighted by Crippen LogP contribution is 2.39. The van der Waals surface area contributed by atoms with E-state index in [1.165, 1.54) is 21.8 Å². The molecule has 10 nitrogen and oxygen atoms in total. The van der Waals surface area contributed by atoms with Crippen molar-refractivity contribution in [3.05, 3.63) is 81.9 Å². The molecule has 0 bridgehead atoms. The van der Waals surface area contributed by atoms with Crippen LogP contribution in [0.1, 0.15) is 29.4 Å². The van der Waals surface area contributed by atoms with Gasteiger partial charge in [0.2, 0.25) is 0 Å². The first kappa shape index (κ1) is 27.0. The van der Waals surface area contributed by atoms with E-state index < -0.39 is 54.5 Å². The van der Waals surface area contributed by atoms with Crippen molar-refractivity contribution in [1.82, 2.24) is 24.5 Å². The van der Waals surface area contributed by atoms with Crippen LogP contribution in [0.3, 0.4) is 0 Å². The summed E-state index contributed by atoms with van der Waals surface area (Å²) >= 11 is 3.37. The smallest absolute Gasteiger partial charge is 0.194 e. The van der Waals surface area contributed by atoms with Gasteiger partial charge in [-0.1, -0.05) is 15.9 Å². The second-order valence-corrected chi connectivity index (χ2v) is 9.83. The molecule has 1 fully saturated rings. The van der Waals surface area contributed by atoms with Crippen molar-refractivity contribution in [3.63, 3.8) is 0 Å². The lowest BCUT2D eigenvalue weighted by Gasteiger charge is -2.41. The van der Waals surface area contributed by atoms with Crippen LogP contribution in [0.5, 0.6) is 0 Å². The van der Waals surface area contributed by atoms with Crippen LogP contribution in [-0.2, 0) is 4.74 Å². The predicted molar refractivity (Wildman–Crippen MR) is 132 cm³/mol. The molecule has 202 valence electrons. The van der Waals surface area contributed by atoms with Gasteiger partial charge in [0.15, 0.2) is 23.3 Å². The number of hydrogen-bond donors (Lipinski definition) is 3. The fourth-order valence-corrected chi connectivity index (χ4v) is 4.92. The van der Waals surface area contributed by atoms with Gasteiger partial charge >= 0.3 is 0 Å². The molecule has 0 unspecified atom stereocenters. The van der Waals surface area contributed by atoms with Crippen LogP contribution in [-0.4, -0.2) is 64.8 Å². The third-order valence-electron chi connectivity index (χ3n) is 6.42. The van der Waals surface area contributed by atoms with Crippen LogP contribution in [0, 0.1) is 35.7 Å². The lowest BCUT2D eigenvalue weighted by molar-refractivity contribution is -0.210. The molecule has 2 aromatic carbocycles. The number of hydrogen-bond acceptors (Lipinski definition) is 8. The van der Waals surface area contributed by atoms with E-state index in [9.17, 15) is 33.8 Å². The van der Waals surface area contributed by atoms with E-state index in [1.807, 2.05) is 0 Å². The lowest BCUT2D eigenvalue weighted by atomic mass is 9.92. The first-order valence-electron chi connectivity index (χ1n) is 11.6. The van der Waals surface area contributed by atoms with Gasteiger partial charge in [0.1, 0.15) is 42.4 Å². The maximum Gasteiger partial charge on any atom is 0.194 e. The Morgan fingerprint density at radius 3 is 2.49 bits per heavy atom. The summed E-state index contributed by atoms with van der Waals surface area (Å²) in [4.78, 5) is 4.40. The molecule has 0 saturated carbocycles. The molecule has 5 atom stereocenters. The summed E-state index contributed by atoms with van der Waals surface area (Å²) in [7, 11) is 0. The van der Waals surface area contributed by atoms with E-state index in [1.54, 1.807) is 25.1 Å². The quantitative estimate of drug-likeness (QED) is 0.295. The highest BCUT2D eigenvalue weighted by Gasteiger charge is 2.48. The van der Waals surface area contributed by atoms with Crippen molar-refractivity contribution < 1.29 is 33.2 Å². The standard InChI is InChI=1S/C25H20BrF3N6O4/c1-11-32-25(35(33-11)18-6-15(26)3-2-12(18)7-30)24-23(38)21(22(37)19(10-36)39-24)34-9-14(8-31-34)13-4-16(27)20(29)17(28)5-13/h2-6,8-9,19,21-24,36-38H,10H2,1H3/t19-,21+,22+,23-,24-/m1/s1. The second kappa shape index (κ2) is 10.5. The zero-order valence-electron chi connectivity index (χ0n) is 20.1. The molecule has 1 aliphatic rings. The molecule has 14 heteroatoms. The predicted octanol–water partition coefficient (Wildman–Crippen LogP) is 2.89. The summed E-state index contributed by atoms with van der Waals surface area (Å²) in [6.45, 7) is 0.979. The van der Waals surface area contributed by atoms with Crippen LogP contribution in [0.15, 0.2) is 47.2 Å². The Morgan fingerprint density at radius 2 is 1.82 bits per heavy atom. The maximum atomic E-state index is 13.8. The maximum absolute atomic E-state index is 13.8.